The van der Waals surface area contributed by atoms with Gasteiger partial charge in [-0.1, -0.05) is 19.3 Å². The monoisotopic (exact) mass is 489 g/mol. The van der Waals surface area contributed by atoms with E-state index < -0.39 is 59.9 Å². The Morgan fingerprint density at radius 1 is 1.24 bits per heavy atom. The Hall–Kier alpha value is -3.20. The Bertz CT molecular complexity index is 735. The van der Waals surface area contributed by atoms with Crippen molar-refractivity contribution in [2.24, 2.45) is 5.92 Å². The number of guanidine groups is 1. The van der Waals surface area contributed by atoms with Gasteiger partial charge in [-0.2, -0.15) is 0 Å². The Morgan fingerprint density at radius 2 is 1.91 bits per heavy atom. The molecule has 0 aromatic rings. The van der Waals surface area contributed by atoms with E-state index >= 15 is 0 Å². The molecule has 15 heteroatoms. The number of carbonyl (C=O) groups is 3. The zero-order chi connectivity index (χ0) is 25.8. The predicted octanol–water partition coefficient (Wildman–Crippen LogP) is -1.11. The first kappa shape index (κ1) is 28.8. The lowest BCUT2D eigenvalue weighted by Gasteiger charge is -2.41. The van der Waals surface area contributed by atoms with Gasteiger partial charge in [0.2, 0.25) is 11.8 Å². The van der Waals surface area contributed by atoms with Gasteiger partial charge in [-0.25, -0.2) is 14.9 Å². The molecule has 0 aromatic heterocycles. The maximum absolute atomic E-state index is 12.7. The quantitative estimate of drug-likeness (QED) is 0.0892. The lowest BCUT2D eigenvalue weighted by molar-refractivity contribution is -0.527. The number of nitrogens with one attached hydrogen (secondary N) is 5. The largest absolute Gasteiger partial charge is 0.449 e. The van der Waals surface area contributed by atoms with Crippen molar-refractivity contribution in [3.8, 4) is 0 Å². The fourth-order valence-electron chi connectivity index (χ4n) is 3.19. The highest BCUT2D eigenvalue weighted by Gasteiger charge is 2.36. The molecular weight excluding hydrogens is 454 g/mol. The van der Waals surface area contributed by atoms with Crippen LogP contribution >= 0.6 is 0 Å². The fraction of sp³-hybridized carbons (Fsp3) is 0.789. The zero-order valence-corrected chi connectivity index (χ0v) is 19.8. The molecule has 3 amide bonds. The molecule has 0 aromatic carbocycles. The highest BCUT2D eigenvalue weighted by atomic mass is 16.7. The van der Waals surface area contributed by atoms with Gasteiger partial charge in [-0.05, 0) is 32.6 Å². The third-order valence-corrected chi connectivity index (χ3v) is 4.81. The minimum absolute atomic E-state index is 0.0890. The van der Waals surface area contributed by atoms with Gasteiger partial charge in [0.05, 0.1) is 19.3 Å². The molecule has 0 radical (unpaired) electrons. The highest BCUT2D eigenvalue weighted by Crippen LogP contribution is 2.19. The van der Waals surface area contributed by atoms with Crippen LogP contribution in [0.4, 0.5) is 4.79 Å². The summed E-state index contributed by atoms with van der Waals surface area (Å²) in [6, 6.07) is -2.96. The number of aliphatic hydroxyl groups is 1. The van der Waals surface area contributed by atoms with Crippen LogP contribution in [0.15, 0.2) is 0 Å². The van der Waals surface area contributed by atoms with Crippen molar-refractivity contribution in [1.29, 1.82) is 5.41 Å². The maximum atomic E-state index is 12.7. The van der Waals surface area contributed by atoms with Crippen LogP contribution in [-0.2, 0) is 19.1 Å². The molecule has 4 atom stereocenters. The minimum atomic E-state index is -1.31. The lowest BCUT2D eigenvalue weighted by Crippen LogP contribution is -2.62. The molecule has 0 spiro atoms. The van der Waals surface area contributed by atoms with Crippen LogP contribution in [0, 0.1) is 21.4 Å². The number of nitro groups is 1. The number of aliphatic hydroxyl groups excluding tert-OH is 1. The number of hydrazine groups is 1. The molecule has 1 saturated heterocycles. The van der Waals surface area contributed by atoms with Gasteiger partial charge in [0, 0.05) is 13.2 Å². The molecule has 194 valence electrons. The number of rotatable bonds is 11. The average Bonchev–Trinajstić information content (AvgIpc) is 2.76. The summed E-state index contributed by atoms with van der Waals surface area (Å²) in [4.78, 5) is 48.9. The van der Waals surface area contributed by atoms with E-state index in [0.717, 1.165) is 0 Å². The van der Waals surface area contributed by atoms with Gasteiger partial charge in [0.1, 0.15) is 12.1 Å². The van der Waals surface area contributed by atoms with Crippen molar-refractivity contribution in [3.05, 3.63) is 10.1 Å². The number of hydrogen-bond acceptors (Lipinski definition) is 9. The third kappa shape index (κ3) is 9.35. The molecule has 15 nitrogen and oxygen atoms in total. The number of piperidine rings is 1. The van der Waals surface area contributed by atoms with Crippen LogP contribution in [0.1, 0.15) is 40.5 Å². The predicted molar refractivity (Wildman–Crippen MR) is 119 cm³/mol. The molecule has 0 aliphatic carbocycles. The van der Waals surface area contributed by atoms with Crippen molar-refractivity contribution in [2.45, 2.75) is 64.9 Å². The molecule has 1 fully saturated rings. The van der Waals surface area contributed by atoms with Crippen LogP contribution in [0.5, 0.6) is 0 Å². The Labute approximate surface area is 197 Å². The molecular formula is C19H35N7O8. The molecule has 1 rings (SSSR count). The van der Waals surface area contributed by atoms with Crippen LogP contribution < -0.4 is 21.4 Å². The first-order valence-electron chi connectivity index (χ1n) is 11.0. The summed E-state index contributed by atoms with van der Waals surface area (Å²) in [5.74, 6) is -1.73. The summed E-state index contributed by atoms with van der Waals surface area (Å²) in [6.07, 6.45) is -0.672. The van der Waals surface area contributed by atoms with E-state index in [1.165, 1.54) is 11.8 Å². The minimum Gasteiger partial charge on any atom is -0.449 e. The molecule has 2 unspecified atom stereocenters. The zero-order valence-electron chi connectivity index (χ0n) is 19.8. The van der Waals surface area contributed by atoms with Gasteiger partial charge < -0.3 is 35.4 Å². The summed E-state index contributed by atoms with van der Waals surface area (Å²) < 4.78 is 10.6. The summed E-state index contributed by atoms with van der Waals surface area (Å²) in [7, 11) is 0. The summed E-state index contributed by atoms with van der Waals surface area (Å²) in [5, 5.41) is 34.6. The van der Waals surface area contributed by atoms with E-state index in [1.807, 2.05) is 13.8 Å². The number of ether oxygens (including phenoxy) is 2. The van der Waals surface area contributed by atoms with Crippen molar-refractivity contribution in [2.75, 3.05) is 26.4 Å². The number of alkyl carbamates (subject to hydrolysis) is 1. The Morgan fingerprint density at radius 3 is 2.47 bits per heavy atom. The van der Waals surface area contributed by atoms with Crippen molar-refractivity contribution in [1.82, 2.24) is 26.3 Å². The number of carbonyl (C=O) groups excluding carboxylic acids is 3. The second kappa shape index (κ2) is 14.1. The number of likely N-dealkylation sites (tertiary alicyclic amines) is 1. The molecule has 0 bridgehead atoms. The van der Waals surface area contributed by atoms with E-state index in [2.05, 4.69) is 16.0 Å². The van der Waals surface area contributed by atoms with Gasteiger partial charge in [0.25, 0.3) is 5.96 Å². The molecule has 1 aliphatic heterocycles. The molecule has 6 N–H and O–H groups in total. The third-order valence-electron chi connectivity index (χ3n) is 4.81. The molecule has 1 heterocycles. The Balaban J connectivity index is 2.73. The van der Waals surface area contributed by atoms with Gasteiger partial charge in [-0.15, -0.1) is 0 Å². The fourth-order valence-corrected chi connectivity index (χ4v) is 3.19. The van der Waals surface area contributed by atoms with Crippen LogP contribution in [0.2, 0.25) is 0 Å². The Kier molecular flexibility index (Phi) is 12.0. The smallest absolute Gasteiger partial charge is 0.407 e. The van der Waals surface area contributed by atoms with E-state index in [9.17, 15) is 29.6 Å². The number of amides is 3. The second-order valence-corrected chi connectivity index (χ2v) is 8.12. The topological polar surface area (TPSA) is 208 Å². The SMILES string of the molecule is CCOC1C(NC(=O)[C@H](C)NC(=O)[C@@H](CO)NC(=O)OCC(C)C)CCCN1C(=N)N[N+](=O)[O-]. The summed E-state index contributed by atoms with van der Waals surface area (Å²) in [6.45, 7) is 6.81. The van der Waals surface area contributed by atoms with E-state index in [1.54, 1.807) is 12.3 Å². The van der Waals surface area contributed by atoms with Gasteiger partial charge in [0.15, 0.2) is 11.3 Å². The first-order valence-corrected chi connectivity index (χ1v) is 11.0. The number of nitrogens with zero attached hydrogens (tertiary/aromatic N) is 2. The van der Waals surface area contributed by atoms with Crippen LogP contribution in [0.3, 0.4) is 0 Å². The maximum Gasteiger partial charge on any atom is 0.407 e. The normalized spacial score (nSPS) is 19.5. The van der Waals surface area contributed by atoms with Crippen molar-refractivity contribution in [3.63, 3.8) is 0 Å². The van der Waals surface area contributed by atoms with E-state index in [4.69, 9.17) is 14.9 Å². The van der Waals surface area contributed by atoms with Crippen molar-refractivity contribution < 1.29 is 34.0 Å². The number of hydrogen-bond donors (Lipinski definition) is 6. The standard InChI is InChI=1S/C19H35N7O8/c1-5-33-17-13(7-6-8-25(17)18(20)24-26(31)32)22-15(28)12(4)21-16(29)14(9-27)23-19(30)34-10-11(2)3/h11-14,17,27H,5-10H2,1-4H3,(H2,20,24)(H,21,29)(H,22,28)(H,23,30)/t12-,13?,14+,17?/m0/s1. The molecule has 0 saturated carbocycles. The summed E-state index contributed by atoms with van der Waals surface area (Å²) >= 11 is 0. The average molecular weight is 490 g/mol. The highest BCUT2D eigenvalue weighted by molar-refractivity contribution is 5.91. The van der Waals surface area contributed by atoms with E-state index in [-0.39, 0.29) is 19.1 Å². The summed E-state index contributed by atoms with van der Waals surface area (Å²) in [5.41, 5.74) is 1.79. The van der Waals surface area contributed by atoms with Crippen LogP contribution in [0.25, 0.3) is 0 Å². The molecule has 1 aliphatic rings. The first-order chi connectivity index (χ1) is 16.0. The molecule has 34 heavy (non-hydrogen) atoms. The van der Waals surface area contributed by atoms with Gasteiger partial charge in [-0.3, -0.25) is 15.0 Å². The van der Waals surface area contributed by atoms with Crippen LogP contribution in [-0.4, -0.2) is 89.6 Å². The van der Waals surface area contributed by atoms with E-state index in [0.29, 0.717) is 19.4 Å². The van der Waals surface area contributed by atoms with Crippen molar-refractivity contribution >= 4 is 23.9 Å². The second-order valence-electron chi connectivity index (χ2n) is 8.12. The lowest BCUT2D eigenvalue weighted by atomic mass is 10.0. The van der Waals surface area contributed by atoms with Gasteiger partial charge >= 0.3 is 6.09 Å².